The van der Waals surface area contributed by atoms with Crippen LogP contribution in [0.25, 0.3) is 0 Å². The van der Waals surface area contributed by atoms with Gasteiger partial charge in [0.05, 0.1) is 29.3 Å². The monoisotopic (exact) mass is 528 g/mol. The van der Waals surface area contributed by atoms with Gasteiger partial charge in [-0.1, -0.05) is 80.6 Å². The average Bonchev–Trinajstić information content (AvgIpc) is 3.19. The summed E-state index contributed by atoms with van der Waals surface area (Å²) >= 11 is 0. The highest BCUT2D eigenvalue weighted by molar-refractivity contribution is 7.48. The van der Waals surface area contributed by atoms with Crippen molar-refractivity contribution < 1.29 is 18.6 Å². The van der Waals surface area contributed by atoms with Gasteiger partial charge in [-0.25, -0.2) is 0 Å². The van der Waals surface area contributed by atoms with E-state index in [2.05, 4.69) is 6.07 Å². The van der Waals surface area contributed by atoms with Crippen molar-refractivity contribution >= 4 is 20.2 Å². The van der Waals surface area contributed by atoms with E-state index in [9.17, 15) is 14.9 Å². The average molecular weight is 529 g/mol. The SMILES string of the molecule is N#CC(CCCCCCCCN1C(=O)c2ccccc2C1=O)CP(Oc1ccccc1)Oc1ccccc1. The van der Waals surface area contributed by atoms with Crippen LogP contribution in [0.4, 0.5) is 0 Å². The molecule has 0 aliphatic carbocycles. The summed E-state index contributed by atoms with van der Waals surface area (Å²) < 4.78 is 12.3. The van der Waals surface area contributed by atoms with E-state index in [-0.39, 0.29) is 17.7 Å². The number of hydrogen-bond acceptors (Lipinski definition) is 5. The summed E-state index contributed by atoms with van der Waals surface area (Å²) in [5.74, 6) is 0.989. The Labute approximate surface area is 226 Å². The first kappa shape index (κ1) is 27.4. The maximum atomic E-state index is 12.4. The van der Waals surface area contributed by atoms with Crippen LogP contribution in [0.2, 0.25) is 0 Å². The van der Waals surface area contributed by atoms with Crippen LogP contribution < -0.4 is 9.05 Å². The van der Waals surface area contributed by atoms with Crippen molar-refractivity contribution in [3.63, 3.8) is 0 Å². The number of nitriles is 1. The number of amides is 2. The molecule has 0 radical (unpaired) electrons. The second-order valence-electron chi connectivity index (χ2n) is 9.37. The number of nitrogens with zero attached hydrogens (tertiary/aromatic N) is 2. The molecular formula is C31H33N2O4P. The summed E-state index contributed by atoms with van der Waals surface area (Å²) in [6, 6.07) is 28.6. The fourth-order valence-corrected chi connectivity index (χ4v) is 6.00. The fourth-order valence-electron chi connectivity index (χ4n) is 4.48. The lowest BCUT2D eigenvalue weighted by atomic mass is 10.0. The molecule has 1 atom stereocenters. The molecule has 0 fully saturated rings. The van der Waals surface area contributed by atoms with Gasteiger partial charge in [-0.2, -0.15) is 5.26 Å². The zero-order chi connectivity index (χ0) is 26.6. The third-order valence-corrected chi connectivity index (χ3v) is 8.08. The van der Waals surface area contributed by atoms with Gasteiger partial charge in [0, 0.05) is 6.54 Å². The largest absolute Gasteiger partial charge is 0.439 e. The molecule has 1 aliphatic heterocycles. The van der Waals surface area contributed by atoms with Crippen molar-refractivity contribution in [1.82, 2.24) is 4.90 Å². The minimum Gasteiger partial charge on any atom is -0.439 e. The maximum absolute atomic E-state index is 12.4. The second-order valence-corrected chi connectivity index (χ2v) is 10.8. The predicted octanol–water partition coefficient (Wildman–Crippen LogP) is 7.62. The van der Waals surface area contributed by atoms with Gasteiger partial charge in [0.25, 0.3) is 20.2 Å². The van der Waals surface area contributed by atoms with Gasteiger partial charge in [0.2, 0.25) is 0 Å². The van der Waals surface area contributed by atoms with E-state index < -0.39 is 8.38 Å². The molecule has 0 spiro atoms. The smallest absolute Gasteiger partial charge is 0.291 e. The van der Waals surface area contributed by atoms with E-state index in [1.54, 1.807) is 24.3 Å². The first-order valence-corrected chi connectivity index (χ1v) is 14.6. The van der Waals surface area contributed by atoms with Gasteiger partial charge >= 0.3 is 0 Å². The van der Waals surface area contributed by atoms with Crippen LogP contribution in [0, 0.1) is 17.2 Å². The summed E-state index contributed by atoms with van der Waals surface area (Å²) in [7, 11) is -1.30. The number of rotatable bonds is 15. The minimum atomic E-state index is -1.30. The number of carbonyl (C=O) groups is 2. The maximum Gasteiger partial charge on any atom is 0.291 e. The Hall–Kier alpha value is -3.68. The first-order valence-electron chi connectivity index (χ1n) is 13.2. The van der Waals surface area contributed by atoms with Gasteiger partial charge in [0.15, 0.2) is 0 Å². The molecule has 4 rings (SSSR count). The van der Waals surface area contributed by atoms with Crippen LogP contribution in [0.15, 0.2) is 84.9 Å². The Morgan fingerprint density at radius 1 is 0.684 bits per heavy atom. The van der Waals surface area contributed by atoms with E-state index in [1.165, 1.54) is 4.90 Å². The number of unbranched alkanes of at least 4 members (excludes halogenated alkanes) is 5. The van der Waals surface area contributed by atoms with E-state index in [4.69, 9.17) is 9.05 Å². The molecule has 3 aromatic rings. The Kier molecular flexibility index (Phi) is 10.3. The fraction of sp³-hybridized carbons (Fsp3) is 0.323. The van der Waals surface area contributed by atoms with Crippen molar-refractivity contribution in [2.75, 3.05) is 12.7 Å². The van der Waals surface area contributed by atoms with E-state index in [1.807, 2.05) is 60.7 Å². The van der Waals surface area contributed by atoms with Crippen LogP contribution in [-0.4, -0.2) is 29.4 Å². The Balaban J connectivity index is 1.15. The normalized spacial score (nSPS) is 13.3. The van der Waals surface area contributed by atoms with Crippen LogP contribution >= 0.6 is 8.38 Å². The van der Waals surface area contributed by atoms with Gasteiger partial charge < -0.3 is 9.05 Å². The number of benzene rings is 3. The van der Waals surface area contributed by atoms with Crippen LogP contribution in [0.3, 0.4) is 0 Å². The molecule has 0 N–H and O–H groups in total. The number of para-hydroxylation sites is 2. The molecule has 1 heterocycles. The minimum absolute atomic E-state index is 0.137. The molecule has 196 valence electrons. The molecule has 2 amide bonds. The van der Waals surface area contributed by atoms with Gasteiger partial charge in [-0.05, 0) is 49.2 Å². The van der Waals surface area contributed by atoms with Crippen LogP contribution in [0.1, 0.15) is 65.7 Å². The summed E-state index contributed by atoms with van der Waals surface area (Å²) in [5.41, 5.74) is 1.02. The van der Waals surface area contributed by atoms with Crippen molar-refractivity contribution in [3.05, 3.63) is 96.1 Å². The Morgan fingerprint density at radius 2 is 1.16 bits per heavy atom. The van der Waals surface area contributed by atoms with Crippen molar-refractivity contribution in [2.45, 2.75) is 44.9 Å². The Morgan fingerprint density at radius 3 is 1.68 bits per heavy atom. The molecule has 0 aromatic heterocycles. The third kappa shape index (κ3) is 7.66. The molecular weight excluding hydrogens is 495 g/mol. The number of imide groups is 1. The molecule has 38 heavy (non-hydrogen) atoms. The summed E-state index contributed by atoms with van der Waals surface area (Å²) in [6.07, 6.45) is 7.26. The number of carbonyl (C=O) groups excluding carboxylic acids is 2. The summed E-state index contributed by atoms with van der Waals surface area (Å²) in [6.45, 7) is 0.467. The lowest BCUT2D eigenvalue weighted by Crippen LogP contribution is -2.30. The quantitative estimate of drug-likeness (QED) is 0.115. The molecule has 1 unspecified atom stereocenters. The van der Waals surface area contributed by atoms with E-state index in [0.29, 0.717) is 23.8 Å². The predicted molar refractivity (Wildman–Crippen MR) is 149 cm³/mol. The van der Waals surface area contributed by atoms with Crippen LogP contribution in [0.5, 0.6) is 11.5 Å². The molecule has 0 saturated carbocycles. The molecule has 0 bridgehead atoms. The molecule has 3 aromatic carbocycles. The van der Waals surface area contributed by atoms with Crippen molar-refractivity contribution in [3.8, 4) is 17.6 Å². The zero-order valence-corrected chi connectivity index (χ0v) is 22.4. The summed E-state index contributed by atoms with van der Waals surface area (Å²) in [4.78, 5) is 26.3. The number of hydrogen-bond donors (Lipinski definition) is 0. The van der Waals surface area contributed by atoms with Crippen molar-refractivity contribution in [2.24, 2.45) is 5.92 Å². The molecule has 6 nitrogen and oxygen atoms in total. The van der Waals surface area contributed by atoms with Crippen molar-refractivity contribution in [1.29, 1.82) is 5.26 Å². The van der Waals surface area contributed by atoms with Crippen LogP contribution in [-0.2, 0) is 0 Å². The highest BCUT2D eigenvalue weighted by Gasteiger charge is 2.34. The molecule has 1 aliphatic rings. The summed E-state index contributed by atoms with van der Waals surface area (Å²) in [5, 5.41) is 9.78. The zero-order valence-electron chi connectivity index (χ0n) is 21.5. The Bertz CT molecular complexity index is 1150. The van der Waals surface area contributed by atoms with Gasteiger partial charge in [-0.15, -0.1) is 0 Å². The second kappa shape index (κ2) is 14.3. The lowest BCUT2D eigenvalue weighted by molar-refractivity contribution is 0.0651. The lowest BCUT2D eigenvalue weighted by Gasteiger charge is -2.21. The standard InChI is InChI=1S/C31H33N2O4P/c32-23-25(24-38(36-26-16-8-5-9-17-26)37-27-18-10-6-11-19-27)15-7-3-1-2-4-14-22-33-30(34)28-20-12-13-21-29(28)31(33)35/h5-6,8-13,16-21,25H,1-4,7,14-15,22,24H2. The van der Waals surface area contributed by atoms with E-state index in [0.717, 1.165) is 56.4 Å². The van der Waals surface area contributed by atoms with Gasteiger partial charge in [0.1, 0.15) is 11.5 Å². The van der Waals surface area contributed by atoms with E-state index >= 15 is 0 Å². The molecule has 7 heteroatoms. The highest BCUT2D eigenvalue weighted by Crippen LogP contribution is 2.42. The van der Waals surface area contributed by atoms with Gasteiger partial charge in [-0.3, -0.25) is 14.5 Å². The first-order chi connectivity index (χ1) is 18.7. The molecule has 0 saturated heterocycles. The highest BCUT2D eigenvalue weighted by atomic mass is 31.2. The third-order valence-electron chi connectivity index (χ3n) is 6.52. The number of fused-ring (bicyclic) bond motifs is 1. The topological polar surface area (TPSA) is 79.6 Å².